The Kier molecular flexibility index (Phi) is 10.2. The second-order valence-corrected chi connectivity index (χ2v) is 13.7. The van der Waals surface area contributed by atoms with Crippen LogP contribution in [0.2, 0.25) is 0 Å². The summed E-state index contributed by atoms with van der Waals surface area (Å²) in [6.07, 6.45) is 0. The van der Waals surface area contributed by atoms with E-state index in [-0.39, 0.29) is 28.3 Å². The van der Waals surface area contributed by atoms with E-state index in [1.54, 1.807) is 6.92 Å². The van der Waals surface area contributed by atoms with Crippen LogP contribution in [0.1, 0.15) is 123 Å². The third kappa shape index (κ3) is 10.6. The van der Waals surface area contributed by atoms with E-state index in [2.05, 4.69) is 84.1 Å². The summed E-state index contributed by atoms with van der Waals surface area (Å²) in [6.45, 7) is 26.6. The van der Waals surface area contributed by atoms with Crippen molar-refractivity contribution in [2.45, 2.75) is 90.0 Å². The van der Waals surface area contributed by atoms with E-state index in [0.717, 1.165) is 0 Å². The van der Waals surface area contributed by atoms with Gasteiger partial charge in [0.1, 0.15) is 0 Å². The highest BCUT2D eigenvalue weighted by Crippen LogP contribution is 2.33. The fourth-order valence-corrected chi connectivity index (χ4v) is 3.26. The minimum atomic E-state index is -0.462. The van der Waals surface area contributed by atoms with Gasteiger partial charge in [-0.3, -0.25) is 0 Å². The number of carbonyl (C=O) groups is 1. The molecule has 0 bridgehead atoms. The van der Waals surface area contributed by atoms with Crippen molar-refractivity contribution in [2.75, 3.05) is 6.61 Å². The van der Waals surface area contributed by atoms with Crippen LogP contribution in [0, 0.1) is 69.0 Å². The number of rotatable bonds is 2. The Labute approximate surface area is 228 Å². The molecule has 2 nitrogen and oxygen atoms in total. The molecule has 0 aromatic heterocycles. The predicted molar refractivity (Wildman–Crippen MR) is 155 cm³/mol. The lowest BCUT2D eigenvalue weighted by atomic mass is 9.87. The molecule has 0 atom stereocenters. The molecule has 0 heterocycles. The van der Waals surface area contributed by atoms with Crippen molar-refractivity contribution in [3.05, 3.63) is 32.3 Å². The van der Waals surface area contributed by atoms with Crippen molar-refractivity contribution in [3.8, 4) is 47.4 Å². The monoisotopic (exact) mass is 548 g/mol. The van der Waals surface area contributed by atoms with Gasteiger partial charge in [-0.25, -0.2) is 4.79 Å². The molecule has 0 saturated carbocycles. The van der Waals surface area contributed by atoms with E-state index in [9.17, 15) is 4.79 Å². The number of hydrogen-bond acceptors (Lipinski definition) is 2. The predicted octanol–water partition coefficient (Wildman–Crippen LogP) is 8.22. The molecule has 1 rings (SSSR count). The fourth-order valence-electron chi connectivity index (χ4n) is 2.61. The van der Waals surface area contributed by atoms with Crippen molar-refractivity contribution < 1.29 is 9.53 Å². The van der Waals surface area contributed by atoms with Gasteiger partial charge in [-0.2, -0.15) is 0 Å². The molecule has 0 aliphatic carbocycles. The molecule has 0 N–H and O–H groups in total. The van der Waals surface area contributed by atoms with Gasteiger partial charge in [0.05, 0.1) is 38.9 Å². The van der Waals surface area contributed by atoms with Gasteiger partial charge in [0.25, 0.3) is 0 Å². The maximum atomic E-state index is 13.3. The fraction of sp³-hybridized carbons (Fsp3) is 0.545. The van der Waals surface area contributed by atoms with Crippen LogP contribution in [0.25, 0.3) is 0 Å². The maximum absolute atomic E-state index is 13.3. The van der Waals surface area contributed by atoms with Crippen LogP contribution < -0.4 is 0 Å². The summed E-state index contributed by atoms with van der Waals surface area (Å²) in [5, 5.41) is 0. The molecule has 3 heteroatoms. The first-order valence-corrected chi connectivity index (χ1v) is 13.1. The molecule has 1 aromatic carbocycles. The molecule has 0 saturated heterocycles. The zero-order valence-electron chi connectivity index (χ0n) is 24.4. The minimum absolute atomic E-state index is 0.243. The van der Waals surface area contributed by atoms with Gasteiger partial charge in [-0.05, 0) is 106 Å². The third-order valence-corrected chi connectivity index (χ3v) is 4.96. The van der Waals surface area contributed by atoms with E-state index in [1.165, 1.54) is 0 Å². The number of benzene rings is 1. The summed E-state index contributed by atoms with van der Waals surface area (Å²) < 4.78 is 6.00. The molecular weight excluding hydrogens is 508 g/mol. The van der Waals surface area contributed by atoms with Crippen LogP contribution >= 0.6 is 15.9 Å². The van der Waals surface area contributed by atoms with Crippen molar-refractivity contribution in [1.29, 1.82) is 0 Å². The Morgan fingerprint density at radius 2 is 0.917 bits per heavy atom. The summed E-state index contributed by atoms with van der Waals surface area (Å²) in [4.78, 5) is 13.3. The van der Waals surface area contributed by atoms with E-state index >= 15 is 0 Å². The lowest BCUT2D eigenvalue weighted by molar-refractivity contribution is 0.0525. The van der Waals surface area contributed by atoms with Gasteiger partial charge in [0.15, 0.2) is 0 Å². The van der Waals surface area contributed by atoms with Gasteiger partial charge >= 0.3 is 5.97 Å². The number of hydrogen-bond donors (Lipinski definition) is 0. The molecule has 0 unspecified atom stereocenters. The van der Waals surface area contributed by atoms with Gasteiger partial charge in [0.2, 0.25) is 0 Å². The van der Waals surface area contributed by atoms with Crippen molar-refractivity contribution in [1.82, 2.24) is 0 Å². The number of halogens is 1. The Hall–Kier alpha value is -2.59. The SMILES string of the molecule is CCOC(=O)c1c(Br)c(C#CC(C)(C)C)c(C#CC(C)(C)C)c(C#CC(C)(C)C)c1C#CC(C)(C)C. The van der Waals surface area contributed by atoms with Crippen LogP contribution in [0.4, 0.5) is 0 Å². The van der Waals surface area contributed by atoms with Crippen LogP contribution in [0.5, 0.6) is 0 Å². The number of ether oxygens (including phenoxy) is 1. The van der Waals surface area contributed by atoms with E-state index < -0.39 is 5.97 Å². The largest absolute Gasteiger partial charge is 0.462 e. The first-order valence-electron chi connectivity index (χ1n) is 12.3. The molecule has 0 fully saturated rings. The number of esters is 1. The molecule has 0 aliphatic heterocycles. The smallest absolute Gasteiger partial charge is 0.340 e. The minimum Gasteiger partial charge on any atom is -0.462 e. The first kappa shape index (κ1) is 31.4. The second kappa shape index (κ2) is 11.6. The summed E-state index contributed by atoms with van der Waals surface area (Å²) in [5.74, 6) is 26.1. The lowest BCUT2D eigenvalue weighted by Gasteiger charge is -2.17. The average molecular weight is 550 g/mol. The first-order chi connectivity index (χ1) is 16.2. The third-order valence-electron chi connectivity index (χ3n) is 4.17. The molecule has 0 aliphatic rings. The topological polar surface area (TPSA) is 26.3 Å². The zero-order chi connectivity index (χ0) is 28.1. The van der Waals surface area contributed by atoms with E-state index in [1.807, 2.05) is 62.3 Å². The van der Waals surface area contributed by atoms with Gasteiger partial charge in [-0.15, -0.1) is 0 Å². The highest BCUT2D eigenvalue weighted by molar-refractivity contribution is 9.10. The molecular formula is C33H41BrO2. The van der Waals surface area contributed by atoms with Crippen LogP contribution in [0.3, 0.4) is 0 Å². The lowest BCUT2D eigenvalue weighted by Crippen LogP contribution is -2.14. The maximum Gasteiger partial charge on any atom is 0.340 e. The standard InChI is InChI=1S/C33H41BrO2/c1-14-36-29(35)27-25(17-21-32(8,9)10)23(15-19-30(2,3)4)24(16-20-31(5,6)7)26(28(27)34)18-22-33(11,12)13/h14H2,1-13H3. The van der Waals surface area contributed by atoms with Gasteiger partial charge < -0.3 is 4.74 Å². The van der Waals surface area contributed by atoms with Crippen molar-refractivity contribution >= 4 is 21.9 Å². The second-order valence-electron chi connectivity index (χ2n) is 12.9. The van der Waals surface area contributed by atoms with Crippen molar-refractivity contribution in [2.24, 2.45) is 21.7 Å². The summed E-state index contributed by atoms with van der Waals surface area (Å²) in [7, 11) is 0. The molecule has 0 spiro atoms. The molecule has 0 radical (unpaired) electrons. The highest BCUT2D eigenvalue weighted by atomic mass is 79.9. The van der Waals surface area contributed by atoms with E-state index in [0.29, 0.717) is 32.3 Å². The summed E-state index contributed by atoms with van der Waals surface area (Å²) >= 11 is 3.70. The molecule has 36 heavy (non-hydrogen) atoms. The summed E-state index contributed by atoms with van der Waals surface area (Å²) in [6, 6.07) is 0. The van der Waals surface area contributed by atoms with Gasteiger partial charge in [-0.1, -0.05) is 47.4 Å². The Morgan fingerprint density at radius 3 is 1.25 bits per heavy atom. The van der Waals surface area contributed by atoms with E-state index in [4.69, 9.17) is 4.74 Å². The molecule has 192 valence electrons. The summed E-state index contributed by atoms with van der Waals surface area (Å²) in [5.41, 5.74) is 1.74. The Morgan fingerprint density at radius 1 is 0.611 bits per heavy atom. The zero-order valence-corrected chi connectivity index (χ0v) is 26.0. The Bertz CT molecular complexity index is 1250. The molecule has 0 amide bonds. The normalized spacial score (nSPS) is 11.5. The van der Waals surface area contributed by atoms with Crippen LogP contribution in [-0.4, -0.2) is 12.6 Å². The van der Waals surface area contributed by atoms with Gasteiger partial charge in [0, 0.05) is 21.7 Å². The average Bonchev–Trinajstić information content (AvgIpc) is 2.66. The number of carbonyl (C=O) groups excluding carboxylic acids is 1. The van der Waals surface area contributed by atoms with Crippen LogP contribution in [-0.2, 0) is 4.74 Å². The van der Waals surface area contributed by atoms with Crippen molar-refractivity contribution in [3.63, 3.8) is 0 Å². The molecule has 1 aromatic rings. The highest BCUT2D eigenvalue weighted by Gasteiger charge is 2.26. The Balaban J connectivity index is 4.55. The quantitative estimate of drug-likeness (QED) is 0.275. The van der Waals surface area contributed by atoms with Crippen LogP contribution in [0.15, 0.2) is 4.47 Å².